The summed E-state index contributed by atoms with van der Waals surface area (Å²) in [6, 6.07) is 3.19. The Balaban J connectivity index is 1.60. The van der Waals surface area contributed by atoms with Gasteiger partial charge in [0, 0.05) is 32.6 Å². The Labute approximate surface area is 182 Å². The maximum Gasteiger partial charge on any atom is 0.409 e. The second kappa shape index (κ2) is 8.91. The molecule has 1 amide bonds. The van der Waals surface area contributed by atoms with Crippen LogP contribution in [0.2, 0.25) is 0 Å². The van der Waals surface area contributed by atoms with E-state index in [0.29, 0.717) is 55.8 Å². The van der Waals surface area contributed by atoms with Crippen LogP contribution < -0.4 is 0 Å². The highest BCUT2D eigenvalue weighted by Crippen LogP contribution is 2.41. The molecule has 0 aliphatic carbocycles. The summed E-state index contributed by atoms with van der Waals surface area (Å²) in [6.07, 6.45) is 0.232. The largest absolute Gasteiger partial charge is 0.450 e. The molecule has 0 bridgehead atoms. The number of thioether (sulfide) groups is 1. The van der Waals surface area contributed by atoms with Gasteiger partial charge in [0.15, 0.2) is 22.6 Å². The molecule has 0 spiro atoms. The van der Waals surface area contributed by atoms with Gasteiger partial charge in [-0.05, 0) is 24.6 Å². The number of ether oxygens (including phenoxy) is 1. The van der Waals surface area contributed by atoms with Crippen LogP contribution in [0.3, 0.4) is 0 Å². The Hall–Kier alpha value is -2.53. The topological polar surface area (TPSA) is 80.6 Å². The molecule has 8 nitrogen and oxygen atoms in total. The monoisotopic (exact) mass is 451 g/mol. The van der Waals surface area contributed by atoms with E-state index in [4.69, 9.17) is 4.74 Å². The van der Waals surface area contributed by atoms with Crippen LogP contribution in [0.25, 0.3) is 0 Å². The number of fused-ring (bicyclic) bond motifs is 1. The summed E-state index contributed by atoms with van der Waals surface area (Å²) in [5, 5.41) is 4.16. The molecule has 2 aromatic rings. The summed E-state index contributed by atoms with van der Waals surface area (Å²) in [4.78, 5) is 33.2. The molecule has 2 unspecified atom stereocenters. The number of aromatic nitrogens is 3. The Morgan fingerprint density at radius 1 is 1.23 bits per heavy atom. The van der Waals surface area contributed by atoms with E-state index in [2.05, 4.69) is 10.1 Å². The first-order valence-corrected chi connectivity index (χ1v) is 11.1. The van der Waals surface area contributed by atoms with Crippen molar-refractivity contribution in [3.05, 3.63) is 41.2 Å². The van der Waals surface area contributed by atoms with Crippen LogP contribution in [0.5, 0.6) is 0 Å². The van der Waals surface area contributed by atoms with Crippen molar-refractivity contribution in [2.75, 3.05) is 32.8 Å². The summed E-state index contributed by atoms with van der Waals surface area (Å²) in [7, 11) is 0. The highest BCUT2D eigenvalue weighted by molar-refractivity contribution is 8.00. The van der Waals surface area contributed by atoms with Gasteiger partial charge in [0.25, 0.3) is 5.91 Å². The van der Waals surface area contributed by atoms with Crippen molar-refractivity contribution in [2.24, 2.45) is 0 Å². The minimum absolute atomic E-state index is 0.241. The molecular weight excluding hydrogens is 428 g/mol. The van der Waals surface area contributed by atoms with E-state index >= 15 is 0 Å². The lowest BCUT2D eigenvalue weighted by molar-refractivity contribution is 0.0600. The van der Waals surface area contributed by atoms with Crippen molar-refractivity contribution < 1.29 is 23.1 Å². The lowest BCUT2D eigenvalue weighted by atomic mass is 9.99. The van der Waals surface area contributed by atoms with Crippen molar-refractivity contribution >= 4 is 23.8 Å². The molecule has 4 rings (SSSR count). The summed E-state index contributed by atoms with van der Waals surface area (Å²) in [6.45, 7) is 5.69. The van der Waals surface area contributed by atoms with Gasteiger partial charge in [0.05, 0.1) is 12.6 Å². The number of carbonyl (C=O) groups is 2. The summed E-state index contributed by atoms with van der Waals surface area (Å²) < 4.78 is 34.0. The molecule has 166 valence electrons. The van der Waals surface area contributed by atoms with Gasteiger partial charge < -0.3 is 9.64 Å². The van der Waals surface area contributed by atoms with Gasteiger partial charge in [0.1, 0.15) is 5.25 Å². The van der Waals surface area contributed by atoms with E-state index in [1.165, 1.54) is 22.5 Å². The van der Waals surface area contributed by atoms with E-state index in [0.717, 1.165) is 12.1 Å². The van der Waals surface area contributed by atoms with Crippen molar-refractivity contribution in [3.63, 3.8) is 0 Å². The van der Waals surface area contributed by atoms with E-state index in [-0.39, 0.29) is 12.0 Å². The van der Waals surface area contributed by atoms with Gasteiger partial charge in [-0.1, -0.05) is 24.8 Å². The van der Waals surface area contributed by atoms with Crippen LogP contribution in [-0.2, 0) is 11.2 Å². The van der Waals surface area contributed by atoms with Crippen molar-refractivity contribution in [3.8, 4) is 0 Å². The van der Waals surface area contributed by atoms with Crippen LogP contribution >= 0.6 is 11.8 Å². The number of hydrogen-bond acceptors (Lipinski definition) is 7. The predicted molar refractivity (Wildman–Crippen MR) is 109 cm³/mol. The Morgan fingerprint density at radius 2 is 1.97 bits per heavy atom. The highest BCUT2D eigenvalue weighted by atomic mass is 32.2. The zero-order chi connectivity index (χ0) is 22.1. The number of aryl methyl sites for hydroxylation is 1. The van der Waals surface area contributed by atoms with Gasteiger partial charge in [-0.2, -0.15) is 4.68 Å². The Bertz CT molecular complexity index is 993. The third-order valence-electron chi connectivity index (χ3n) is 5.43. The fraction of sp³-hybridized carbons (Fsp3) is 0.500. The summed E-state index contributed by atoms with van der Waals surface area (Å²) in [5.41, 5.74) is 0.496. The number of piperazine rings is 1. The van der Waals surface area contributed by atoms with Crippen LogP contribution in [-0.4, -0.2) is 74.6 Å². The average Bonchev–Trinajstić information content (AvgIpc) is 3.31. The molecule has 1 fully saturated rings. The van der Waals surface area contributed by atoms with Crippen LogP contribution in [0.15, 0.2) is 23.4 Å². The van der Waals surface area contributed by atoms with Gasteiger partial charge >= 0.3 is 6.09 Å². The fourth-order valence-corrected chi connectivity index (χ4v) is 5.14. The normalized spacial score (nSPS) is 20.1. The number of benzene rings is 1. The fourth-order valence-electron chi connectivity index (χ4n) is 3.86. The minimum Gasteiger partial charge on any atom is -0.450 e. The number of rotatable bonds is 5. The maximum absolute atomic E-state index is 14.1. The van der Waals surface area contributed by atoms with Gasteiger partial charge in [-0.15, -0.1) is 5.10 Å². The molecule has 1 aromatic carbocycles. The Morgan fingerprint density at radius 3 is 2.58 bits per heavy atom. The first kappa shape index (κ1) is 21.7. The van der Waals surface area contributed by atoms with E-state index in [1.807, 2.05) is 11.8 Å². The SMILES string of the molecule is CCOC(=O)N1CCN(C(c2ccc(F)c(F)c2)C2Sc3nc(CC)nn3C2=O)CC1. The molecular formula is C20H23F2N5O3S. The predicted octanol–water partition coefficient (Wildman–Crippen LogP) is 2.75. The lowest BCUT2D eigenvalue weighted by Gasteiger charge is -2.40. The minimum atomic E-state index is -0.966. The third-order valence-corrected chi connectivity index (χ3v) is 6.62. The Kier molecular flexibility index (Phi) is 6.24. The lowest BCUT2D eigenvalue weighted by Crippen LogP contribution is -2.52. The molecule has 31 heavy (non-hydrogen) atoms. The smallest absolute Gasteiger partial charge is 0.409 e. The standard InChI is InChI=1S/C20H23F2N5O3S/c1-3-15-23-19-27(24-15)18(28)17(31-19)16(12-5-6-13(21)14(22)11-12)25-7-9-26(10-8-25)20(29)30-4-2/h5-6,11,16-17H,3-4,7-10H2,1-2H3. The second-order valence-electron chi connectivity index (χ2n) is 7.29. The average molecular weight is 451 g/mol. The molecule has 2 aliphatic heterocycles. The number of amides is 1. The van der Waals surface area contributed by atoms with Gasteiger partial charge in [-0.25, -0.2) is 18.6 Å². The zero-order valence-electron chi connectivity index (χ0n) is 17.3. The van der Waals surface area contributed by atoms with E-state index < -0.39 is 22.9 Å². The molecule has 2 aliphatic rings. The quantitative estimate of drug-likeness (QED) is 0.692. The van der Waals surface area contributed by atoms with E-state index in [1.54, 1.807) is 11.8 Å². The molecule has 1 aromatic heterocycles. The van der Waals surface area contributed by atoms with Crippen molar-refractivity contribution in [1.29, 1.82) is 0 Å². The first-order valence-electron chi connectivity index (χ1n) is 10.2. The van der Waals surface area contributed by atoms with Crippen molar-refractivity contribution in [1.82, 2.24) is 24.6 Å². The van der Waals surface area contributed by atoms with Crippen molar-refractivity contribution in [2.45, 2.75) is 36.7 Å². The molecule has 0 N–H and O–H groups in total. The molecule has 1 saturated heterocycles. The third kappa shape index (κ3) is 4.16. The van der Waals surface area contributed by atoms with E-state index in [9.17, 15) is 18.4 Å². The second-order valence-corrected chi connectivity index (χ2v) is 8.40. The maximum atomic E-state index is 14.1. The number of halogens is 2. The molecule has 11 heteroatoms. The summed E-state index contributed by atoms with van der Waals surface area (Å²) in [5.74, 6) is -1.56. The zero-order valence-corrected chi connectivity index (χ0v) is 18.1. The first-order chi connectivity index (χ1) is 14.9. The highest BCUT2D eigenvalue weighted by Gasteiger charge is 2.44. The van der Waals surface area contributed by atoms with Crippen LogP contribution in [0.1, 0.15) is 36.1 Å². The number of carbonyl (C=O) groups excluding carboxylic acids is 2. The molecule has 0 radical (unpaired) electrons. The molecule has 0 saturated carbocycles. The molecule has 3 heterocycles. The van der Waals surface area contributed by atoms with Gasteiger partial charge in [0.2, 0.25) is 0 Å². The molecule has 2 atom stereocenters. The summed E-state index contributed by atoms with van der Waals surface area (Å²) >= 11 is 1.28. The van der Waals surface area contributed by atoms with Crippen LogP contribution in [0.4, 0.5) is 13.6 Å². The van der Waals surface area contributed by atoms with Gasteiger partial charge in [-0.3, -0.25) is 9.69 Å². The number of nitrogens with zero attached hydrogens (tertiary/aromatic N) is 5. The number of hydrogen-bond donors (Lipinski definition) is 0. The van der Waals surface area contributed by atoms with Crippen LogP contribution in [0, 0.1) is 11.6 Å².